The number of carbonyl (C=O) groups is 2. The van der Waals surface area contributed by atoms with E-state index in [-0.39, 0.29) is 17.8 Å². The van der Waals surface area contributed by atoms with Crippen LogP contribution in [0.3, 0.4) is 0 Å². The standard InChI is InChI=1S/C22H35N3O3S2/c1-3-28-19(26)15-29-20-14-23-21(30-20)24-22(27)25(17-8-6-4-5-7-9-17)18-12-10-16(2)11-13-18/h14,16-18H,3-13,15H2,1-2H3,(H,23,24,27)/t16-,18-. The Morgan fingerprint density at radius 2 is 1.80 bits per heavy atom. The number of hydrogen-bond donors (Lipinski definition) is 1. The smallest absolute Gasteiger partial charge is 0.324 e. The first-order valence-corrected chi connectivity index (χ1v) is 13.2. The van der Waals surface area contributed by atoms with E-state index in [1.807, 2.05) is 0 Å². The molecule has 3 rings (SSSR count). The SMILES string of the molecule is CCOC(=O)CSc1cnc(NC(=O)N(C2CCCCCC2)[C@H]2CC[C@H](C)CC2)s1. The molecule has 0 bridgehead atoms. The van der Waals surface area contributed by atoms with Crippen LogP contribution in [-0.2, 0) is 9.53 Å². The average molecular weight is 454 g/mol. The van der Waals surface area contributed by atoms with Gasteiger partial charge in [0.1, 0.15) is 0 Å². The Labute approximate surface area is 188 Å². The number of carbonyl (C=O) groups excluding carboxylic acids is 2. The molecule has 6 nitrogen and oxygen atoms in total. The van der Waals surface area contributed by atoms with Crippen molar-refractivity contribution in [1.29, 1.82) is 0 Å². The Kier molecular flexibility index (Phi) is 9.30. The van der Waals surface area contributed by atoms with Crippen LogP contribution in [0.1, 0.15) is 78.1 Å². The Balaban J connectivity index is 1.63. The summed E-state index contributed by atoms with van der Waals surface area (Å²) in [6.45, 7) is 4.51. The molecular formula is C22H35N3O3S2. The largest absolute Gasteiger partial charge is 0.465 e. The highest BCUT2D eigenvalue weighted by molar-refractivity contribution is 8.01. The van der Waals surface area contributed by atoms with Crippen LogP contribution in [0.4, 0.5) is 9.93 Å². The van der Waals surface area contributed by atoms with Crippen LogP contribution in [0.15, 0.2) is 10.4 Å². The zero-order valence-electron chi connectivity index (χ0n) is 18.2. The first kappa shape index (κ1) is 23.4. The van der Waals surface area contributed by atoms with Gasteiger partial charge in [-0.15, -0.1) is 11.8 Å². The van der Waals surface area contributed by atoms with Crippen LogP contribution in [-0.4, -0.2) is 46.3 Å². The number of thioether (sulfide) groups is 1. The monoisotopic (exact) mass is 453 g/mol. The second-order valence-electron chi connectivity index (χ2n) is 8.47. The fourth-order valence-electron chi connectivity index (χ4n) is 4.56. The number of hydrogen-bond acceptors (Lipinski definition) is 6. The molecule has 1 N–H and O–H groups in total. The molecule has 0 radical (unpaired) electrons. The average Bonchev–Trinajstić information content (AvgIpc) is 3.00. The van der Waals surface area contributed by atoms with E-state index in [4.69, 9.17) is 4.74 Å². The molecule has 0 aliphatic heterocycles. The number of nitrogens with one attached hydrogen (secondary N) is 1. The maximum atomic E-state index is 13.4. The molecule has 0 atom stereocenters. The number of aromatic nitrogens is 1. The van der Waals surface area contributed by atoms with Gasteiger partial charge in [0, 0.05) is 12.1 Å². The van der Waals surface area contributed by atoms with Crippen molar-refractivity contribution >= 4 is 40.2 Å². The van der Waals surface area contributed by atoms with Crippen molar-refractivity contribution in [1.82, 2.24) is 9.88 Å². The number of anilines is 1. The van der Waals surface area contributed by atoms with Crippen LogP contribution in [0, 0.1) is 5.92 Å². The van der Waals surface area contributed by atoms with Crippen molar-refractivity contribution in [3.8, 4) is 0 Å². The van der Waals surface area contributed by atoms with Crippen molar-refractivity contribution in [3.05, 3.63) is 6.20 Å². The summed E-state index contributed by atoms with van der Waals surface area (Å²) in [5.74, 6) is 0.795. The van der Waals surface area contributed by atoms with Gasteiger partial charge in [-0.25, -0.2) is 9.78 Å². The maximum absolute atomic E-state index is 13.4. The van der Waals surface area contributed by atoms with E-state index < -0.39 is 0 Å². The molecule has 0 saturated heterocycles. The number of nitrogens with zero attached hydrogens (tertiary/aromatic N) is 2. The lowest BCUT2D eigenvalue weighted by Crippen LogP contribution is -2.50. The van der Waals surface area contributed by atoms with Gasteiger partial charge >= 0.3 is 12.0 Å². The molecule has 0 unspecified atom stereocenters. The first-order valence-electron chi connectivity index (χ1n) is 11.4. The van der Waals surface area contributed by atoms with E-state index in [9.17, 15) is 9.59 Å². The molecule has 30 heavy (non-hydrogen) atoms. The van der Waals surface area contributed by atoms with Crippen molar-refractivity contribution in [2.45, 2.75) is 94.3 Å². The lowest BCUT2D eigenvalue weighted by atomic mass is 9.85. The minimum absolute atomic E-state index is 0.00209. The van der Waals surface area contributed by atoms with Gasteiger partial charge in [0.2, 0.25) is 0 Å². The predicted molar refractivity (Wildman–Crippen MR) is 123 cm³/mol. The summed E-state index contributed by atoms with van der Waals surface area (Å²) in [5, 5.41) is 3.67. The van der Waals surface area contributed by atoms with Gasteiger partial charge in [0.15, 0.2) is 5.13 Å². The van der Waals surface area contributed by atoms with Gasteiger partial charge < -0.3 is 9.64 Å². The Morgan fingerprint density at radius 3 is 2.47 bits per heavy atom. The molecular weight excluding hydrogens is 418 g/mol. The molecule has 2 aliphatic rings. The topological polar surface area (TPSA) is 71.5 Å². The third-order valence-corrected chi connectivity index (χ3v) is 8.25. The predicted octanol–water partition coefficient (Wildman–Crippen LogP) is 5.93. The van der Waals surface area contributed by atoms with Crippen molar-refractivity contribution in [3.63, 3.8) is 0 Å². The summed E-state index contributed by atoms with van der Waals surface area (Å²) in [4.78, 5) is 31.5. The van der Waals surface area contributed by atoms with E-state index >= 15 is 0 Å². The number of urea groups is 1. The van der Waals surface area contributed by atoms with E-state index in [0.29, 0.717) is 23.8 Å². The summed E-state index contributed by atoms with van der Waals surface area (Å²) in [6.07, 6.45) is 13.5. The summed E-state index contributed by atoms with van der Waals surface area (Å²) >= 11 is 2.82. The van der Waals surface area contributed by atoms with Gasteiger partial charge in [-0.1, -0.05) is 43.9 Å². The second-order valence-corrected chi connectivity index (χ2v) is 10.8. The van der Waals surface area contributed by atoms with Gasteiger partial charge in [0.25, 0.3) is 0 Å². The number of rotatable bonds is 7. The highest BCUT2D eigenvalue weighted by atomic mass is 32.2. The molecule has 1 heterocycles. The molecule has 2 amide bonds. The highest BCUT2D eigenvalue weighted by Gasteiger charge is 2.33. The third-order valence-electron chi connectivity index (χ3n) is 6.17. The molecule has 8 heteroatoms. The first-order chi connectivity index (χ1) is 14.6. The van der Waals surface area contributed by atoms with Gasteiger partial charge in [0.05, 0.1) is 22.8 Å². The second kappa shape index (κ2) is 11.9. The van der Waals surface area contributed by atoms with Crippen molar-refractivity contribution in [2.75, 3.05) is 17.7 Å². The van der Waals surface area contributed by atoms with E-state index in [2.05, 4.69) is 22.1 Å². The Bertz CT molecular complexity index is 681. The number of esters is 1. The molecule has 2 saturated carbocycles. The van der Waals surface area contributed by atoms with Crippen LogP contribution in [0.5, 0.6) is 0 Å². The van der Waals surface area contributed by atoms with Crippen LogP contribution >= 0.6 is 23.1 Å². The maximum Gasteiger partial charge on any atom is 0.324 e. The third kappa shape index (κ3) is 6.87. The summed E-state index contributed by atoms with van der Waals surface area (Å²) in [6, 6.07) is 0.670. The molecule has 0 aromatic carbocycles. The summed E-state index contributed by atoms with van der Waals surface area (Å²) < 4.78 is 5.87. The summed E-state index contributed by atoms with van der Waals surface area (Å²) in [7, 11) is 0. The minimum atomic E-state index is -0.229. The molecule has 2 fully saturated rings. The molecule has 2 aliphatic carbocycles. The Morgan fingerprint density at radius 1 is 1.13 bits per heavy atom. The van der Waals surface area contributed by atoms with E-state index in [1.165, 1.54) is 61.6 Å². The lowest BCUT2D eigenvalue weighted by molar-refractivity contribution is -0.139. The zero-order valence-corrected chi connectivity index (χ0v) is 19.9. The molecule has 168 valence electrons. The highest BCUT2D eigenvalue weighted by Crippen LogP contribution is 2.33. The van der Waals surface area contributed by atoms with E-state index in [0.717, 1.165) is 35.8 Å². The normalized spacial score (nSPS) is 22.9. The minimum Gasteiger partial charge on any atom is -0.465 e. The van der Waals surface area contributed by atoms with Crippen LogP contribution < -0.4 is 5.32 Å². The molecule has 1 aromatic heterocycles. The fourth-order valence-corrected chi connectivity index (χ4v) is 6.22. The van der Waals surface area contributed by atoms with Gasteiger partial charge in [-0.2, -0.15) is 0 Å². The number of thiazole rings is 1. The van der Waals surface area contributed by atoms with Gasteiger partial charge in [-0.05, 0) is 51.4 Å². The molecule has 1 aromatic rings. The van der Waals surface area contributed by atoms with Crippen molar-refractivity contribution < 1.29 is 14.3 Å². The van der Waals surface area contributed by atoms with Crippen LogP contribution in [0.2, 0.25) is 0 Å². The quantitative estimate of drug-likeness (QED) is 0.314. The summed E-state index contributed by atoms with van der Waals surface area (Å²) in [5.41, 5.74) is 0. The molecule has 0 spiro atoms. The fraction of sp³-hybridized carbons (Fsp3) is 0.773. The Hall–Kier alpha value is -1.28. The number of ether oxygens (including phenoxy) is 1. The zero-order chi connectivity index (χ0) is 21.3. The van der Waals surface area contributed by atoms with E-state index in [1.54, 1.807) is 13.1 Å². The van der Waals surface area contributed by atoms with Crippen molar-refractivity contribution in [2.24, 2.45) is 5.92 Å². The van der Waals surface area contributed by atoms with Gasteiger partial charge in [-0.3, -0.25) is 10.1 Å². The lowest BCUT2D eigenvalue weighted by Gasteiger charge is -2.40. The number of amides is 2. The van der Waals surface area contributed by atoms with Crippen LogP contribution in [0.25, 0.3) is 0 Å².